The van der Waals surface area contributed by atoms with Crippen molar-refractivity contribution < 1.29 is 15.0 Å². The van der Waals surface area contributed by atoms with E-state index in [9.17, 15) is 15.0 Å². The van der Waals surface area contributed by atoms with Crippen LogP contribution in [0.3, 0.4) is 0 Å². The monoisotopic (exact) mass is 478 g/mol. The van der Waals surface area contributed by atoms with Crippen molar-refractivity contribution in [2.45, 2.75) is 57.4 Å². The molecule has 1 saturated heterocycles. The maximum atomic E-state index is 13.6. The van der Waals surface area contributed by atoms with Crippen LogP contribution >= 0.6 is 0 Å². The normalized spacial score (nSPS) is 23.3. The highest BCUT2D eigenvalue weighted by Crippen LogP contribution is 2.34. The van der Waals surface area contributed by atoms with E-state index in [0.717, 1.165) is 16.9 Å². The van der Waals surface area contributed by atoms with Crippen LogP contribution in [-0.2, 0) is 11.3 Å². The number of hydrogen-bond acceptors (Lipinski definition) is 8. The third-order valence-corrected chi connectivity index (χ3v) is 6.76. The Morgan fingerprint density at radius 2 is 2.00 bits per heavy atom. The van der Waals surface area contributed by atoms with E-state index in [1.165, 1.54) is 6.33 Å². The molecule has 1 amide bonds. The maximum absolute atomic E-state index is 13.6. The van der Waals surface area contributed by atoms with Crippen molar-refractivity contribution in [3.05, 3.63) is 42.7 Å². The number of rotatable bonds is 4. The Morgan fingerprint density at radius 1 is 1.23 bits per heavy atom. The Labute approximate surface area is 202 Å². The van der Waals surface area contributed by atoms with E-state index in [2.05, 4.69) is 15.0 Å². The number of hydrogen-bond donors (Lipinski definition) is 3. The number of β-amino-alcohol motifs (C(OH)–C–C–N with tert-alkyl or cyclic N) is 1. The number of para-hydroxylation sites is 2. The summed E-state index contributed by atoms with van der Waals surface area (Å²) in [4.78, 5) is 32.6. The first-order valence-electron chi connectivity index (χ1n) is 11.7. The Balaban J connectivity index is 1.50. The van der Waals surface area contributed by atoms with E-state index in [4.69, 9.17) is 10.7 Å². The first-order valence-corrected chi connectivity index (χ1v) is 11.7. The Hall–Kier alpha value is -3.57. The van der Waals surface area contributed by atoms with Gasteiger partial charge in [-0.3, -0.25) is 4.79 Å². The smallest absolute Gasteiger partial charge is 0.242 e. The summed E-state index contributed by atoms with van der Waals surface area (Å²) in [5.74, 6) is 1.02. The van der Waals surface area contributed by atoms with Crippen LogP contribution < -0.4 is 5.73 Å². The minimum Gasteiger partial charge on any atom is -0.391 e. The lowest BCUT2D eigenvalue weighted by Crippen LogP contribution is -2.43. The van der Waals surface area contributed by atoms with Gasteiger partial charge in [0.2, 0.25) is 5.91 Å². The summed E-state index contributed by atoms with van der Waals surface area (Å²) in [5.41, 5.74) is 7.24. The number of aromatic nitrogens is 6. The second-order valence-corrected chi connectivity index (χ2v) is 9.81. The van der Waals surface area contributed by atoms with Gasteiger partial charge >= 0.3 is 0 Å². The van der Waals surface area contributed by atoms with Gasteiger partial charge in [-0.15, -0.1) is 0 Å². The Morgan fingerprint density at radius 3 is 2.77 bits per heavy atom. The van der Waals surface area contributed by atoms with Gasteiger partial charge in [0.25, 0.3) is 0 Å². The third kappa shape index (κ3) is 4.10. The van der Waals surface area contributed by atoms with E-state index in [1.54, 1.807) is 22.7 Å². The van der Waals surface area contributed by atoms with E-state index in [-0.39, 0.29) is 43.7 Å². The molecule has 35 heavy (non-hydrogen) atoms. The number of benzene rings is 1. The summed E-state index contributed by atoms with van der Waals surface area (Å²) in [6, 6.07) is 7.13. The van der Waals surface area contributed by atoms with Gasteiger partial charge in [-0.1, -0.05) is 26.0 Å². The molecule has 11 heteroatoms. The number of nitrogens with two attached hydrogens (primary N) is 1. The van der Waals surface area contributed by atoms with Crippen LogP contribution in [0, 0.1) is 0 Å². The van der Waals surface area contributed by atoms with Crippen molar-refractivity contribution >= 4 is 33.9 Å². The van der Waals surface area contributed by atoms with Crippen LogP contribution in [0.25, 0.3) is 22.2 Å². The molecule has 0 saturated carbocycles. The van der Waals surface area contributed by atoms with E-state index in [1.807, 2.05) is 42.7 Å². The van der Waals surface area contributed by atoms with Crippen molar-refractivity contribution in [3.63, 3.8) is 0 Å². The van der Waals surface area contributed by atoms with Gasteiger partial charge in [-0.25, -0.2) is 19.9 Å². The molecule has 0 spiro atoms. The van der Waals surface area contributed by atoms with Crippen molar-refractivity contribution in [2.75, 3.05) is 18.8 Å². The summed E-state index contributed by atoms with van der Waals surface area (Å²) < 4.78 is 3.66. The van der Waals surface area contributed by atoms with Gasteiger partial charge in [0.15, 0.2) is 11.5 Å². The molecule has 0 aliphatic carbocycles. The second kappa shape index (κ2) is 8.58. The number of carbonyl (C=O) groups is 1. The molecule has 184 valence electrons. The van der Waals surface area contributed by atoms with E-state index < -0.39 is 17.7 Å². The number of amides is 1. The van der Waals surface area contributed by atoms with Crippen molar-refractivity contribution in [1.29, 1.82) is 0 Å². The number of fused-ring (bicyclic) bond motifs is 2. The molecule has 3 atom stereocenters. The maximum Gasteiger partial charge on any atom is 0.242 e. The molecule has 1 aromatic carbocycles. The van der Waals surface area contributed by atoms with E-state index >= 15 is 0 Å². The molecule has 4 heterocycles. The summed E-state index contributed by atoms with van der Waals surface area (Å²) in [6.07, 6.45) is 2.09. The number of aliphatic hydroxyl groups is 2. The van der Waals surface area contributed by atoms with Gasteiger partial charge in [-0.2, -0.15) is 0 Å². The zero-order chi connectivity index (χ0) is 24.9. The van der Waals surface area contributed by atoms with Gasteiger partial charge in [0.1, 0.15) is 24.2 Å². The number of anilines is 1. The fourth-order valence-corrected chi connectivity index (χ4v) is 5.04. The highest BCUT2D eigenvalue weighted by molar-refractivity contribution is 5.82. The first kappa shape index (κ1) is 23.2. The largest absolute Gasteiger partial charge is 0.391 e. The summed E-state index contributed by atoms with van der Waals surface area (Å²) in [5, 5.41) is 22.1. The predicted molar refractivity (Wildman–Crippen MR) is 130 cm³/mol. The lowest BCUT2D eigenvalue weighted by molar-refractivity contribution is -0.133. The fraction of sp³-hybridized carbons (Fsp3) is 0.458. The summed E-state index contributed by atoms with van der Waals surface area (Å²) in [6.45, 7) is 6.10. The number of likely N-dealkylation sites (tertiary alicyclic amines) is 1. The molecule has 11 nitrogen and oxygen atoms in total. The average molecular weight is 479 g/mol. The van der Waals surface area contributed by atoms with Gasteiger partial charge in [-0.05, 0) is 19.1 Å². The van der Waals surface area contributed by atoms with Crippen molar-refractivity contribution in [1.82, 2.24) is 34.0 Å². The highest BCUT2D eigenvalue weighted by Gasteiger charge is 2.42. The van der Waals surface area contributed by atoms with Crippen LogP contribution in [0.15, 0.2) is 36.9 Å². The number of nitrogen functional groups attached to an aromatic ring is 1. The molecule has 4 aromatic rings. The number of carbonyl (C=O) groups excluding carboxylic acids is 1. The molecular formula is C24H30N8O3. The Bertz CT molecular complexity index is 1390. The third-order valence-electron chi connectivity index (χ3n) is 6.76. The molecule has 3 aromatic heterocycles. The molecule has 0 unspecified atom stereocenters. The van der Waals surface area contributed by atoms with Crippen LogP contribution in [0.2, 0.25) is 0 Å². The van der Waals surface area contributed by atoms with Gasteiger partial charge < -0.3 is 30.0 Å². The quantitative estimate of drug-likeness (QED) is 0.399. The molecular weight excluding hydrogens is 448 g/mol. The second-order valence-electron chi connectivity index (χ2n) is 9.81. The average Bonchev–Trinajstić information content (AvgIpc) is 3.35. The minimum atomic E-state index is -1.33. The lowest BCUT2D eigenvalue weighted by atomic mass is 9.91. The minimum absolute atomic E-state index is 0.0788. The molecule has 0 bridgehead atoms. The van der Waals surface area contributed by atoms with E-state index in [0.29, 0.717) is 11.2 Å². The number of imidazole rings is 2. The predicted octanol–water partition coefficient (Wildman–Crippen LogP) is 1.47. The standard InChI is InChI=1S/C24H30N8O3/c1-14(2)22-29-16-6-4-5-7-17(16)31(22)11-19(34)30-9-15(33)8-24(3,35)18(10-30)32-13-28-20-21(25)26-12-27-23(20)32/h4-7,12-15,18,33,35H,8-11H2,1-3H3,(H2,25,26,27)/t15-,18+,24+/m0/s1. The van der Waals surface area contributed by atoms with Gasteiger partial charge in [0.05, 0.1) is 35.1 Å². The fourth-order valence-electron chi connectivity index (χ4n) is 5.04. The van der Waals surface area contributed by atoms with Crippen LogP contribution in [0.4, 0.5) is 5.82 Å². The first-order chi connectivity index (χ1) is 16.7. The van der Waals surface area contributed by atoms with Gasteiger partial charge in [0, 0.05) is 25.4 Å². The molecule has 1 aliphatic rings. The lowest BCUT2D eigenvalue weighted by Gasteiger charge is -2.34. The number of aliphatic hydroxyl groups excluding tert-OH is 1. The summed E-state index contributed by atoms with van der Waals surface area (Å²) >= 11 is 0. The van der Waals surface area contributed by atoms with Crippen LogP contribution in [0.1, 0.15) is 45.0 Å². The molecule has 0 radical (unpaired) electrons. The molecule has 4 N–H and O–H groups in total. The van der Waals surface area contributed by atoms with Crippen LogP contribution in [0.5, 0.6) is 0 Å². The SMILES string of the molecule is CC(C)c1nc2ccccc2n1CC(=O)N1C[C@@H](O)C[C@@](C)(O)[C@H](n2cnc3c(N)ncnc32)C1. The Kier molecular flexibility index (Phi) is 5.68. The number of nitrogens with zero attached hydrogens (tertiary/aromatic N) is 7. The highest BCUT2D eigenvalue weighted by atomic mass is 16.3. The zero-order valence-electron chi connectivity index (χ0n) is 20.0. The molecule has 1 aliphatic heterocycles. The molecule has 5 rings (SSSR count). The van der Waals surface area contributed by atoms with Crippen LogP contribution in [-0.4, -0.2) is 74.9 Å². The summed E-state index contributed by atoms with van der Waals surface area (Å²) in [7, 11) is 0. The van der Waals surface area contributed by atoms with Crippen molar-refractivity contribution in [3.8, 4) is 0 Å². The molecule has 1 fully saturated rings. The topological polar surface area (TPSA) is 148 Å². The van der Waals surface area contributed by atoms with Crippen molar-refractivity contribution in [2.24, 2.45) is 0 Å². The zero-order valence-corrected chi connectivity index (χ0v) is 20.0.